The van der Waals surface area contributed by atoms with E-state index in [4.69, 9.17) is 9.63 Å². The van der Waals surface area contributed by atoms with Gasteiger partial charge in [-0.25, -0.2) is 9.97 Å². The Morgan fingerprint density at radius 1 is 1.45 bits per heavy atom. The maximum Gasteiger partial charge on any atom is 0.313 e. The number of pyridine rings is 1. The van der Waals surface area contributed by atoms with Crippen LogP contribution >= 0.6 is 11.8 Å². The van der Waals surface area contributed by atoms with Crippen molar-refractivity contribution in [2.24, 2.45) is 0 Å². The van der Waals surface area contributed by atoms with Crippen LogP contribution in [-0.2, 0) is 11.3 Å². The van der Waals surface area contributed by atoms with Crippen molar-refractivity contribution >= 4 is 28.9 Å². The van der Waals surface area contributed by atoms with Gasteiger partial charge in [0.25, 0.3) is 0 Å². The van der Waals surface area contributed by atoms with Crippen molar-refractivity contribution in [1.82, 2.24) is 24.7 Å². The molecule has 20 heavy (non-hydrogen) atoms. The Bertz CT molecular complexity index is 740. The topological polar surface area (TPSA) is 107 Å². The number of carboxylic acid groups (broad SMARTS) is 1. The molecule has 0 radical (unpaired) electrons. The van der Waals surface area contributed by atoms with E-state index < -0.39 is 5.97 Å². The minimum Gasteiger partial charge on any atom is -0.481 e. The smallest absolute Gasteiger partial charge is 0.313 e. The van der Waals surface area contributed by atoms with Gasteiger partial charge in [0.2, 0.25) is 6.39 Å². The molecule has 0 unspecified atom stereocenters. The highest BCUT2D eigenvalue weighted by Gasteiger charge is 2.15. The SMILES string of the molecule is O=C(O)CSc1nc2cccnc2n1Cc1ncon1. The van der Waals surface area contributed by atoms with Gasteiger partial charge in [-0.2, -0.15) is 4.98 Å². The van der Waals surface area contributed by atoms with Crippen molar-refractivity contribution in [3.63, 3.8) is 0 Å². The van der Waals surface area contributed by atoms with E-state index in [9.17, 15) is 4.79 Å². The summed E-state index contributed by atoms with van der Waals surface area (Å²) in [5, 5.41) is 13.1. The zero-order valence-electron chi connectivity index (χ0n) is 10.1. The number of thioether (sulfide) groups is 1. The first kappa shape index (κ1) is 12.6. The van der Waals surface area contributed by atoms with Crippen LogP contribution in [0.1, 0.15) is 5.82 Å². The maximum atomic E-state index is 10.7. The first-order valence-corrected chi connectivity index (χ1v) is 6.63. The van der Waals surface area contributed by atoms with Crippen LogP contribution in [0.4, 0.5) is 0 Å². The molecular formula is C11H9N5O3S. The third kappa shape index (κ3) is 2.48. The number of carboxylic acids is 1. The molecule has 0 fully saturated rings. The summed E-state index contributed by atoms with van der Waals surface area (Å²) in [6.07, 6.45) is 2.90. The monoisotopic (exact) mass is 291 g/mol. The van der Waals surface area contributed by atoms with Crippen molar-refractivity contribution in [3.05, 3.63) is 30.5 Å². The number of hydrogen-bond acceptors (Lipinski definition) is 7. The molecular weight excluding hydrogens is 282 g/mol. The number of nitrogens with zero attached hydrogens (tertiary/aromatic N) is 5. The van der Waals surface area contributed by atoms with E-state index in [1.54, 1.807) is 16.8 Å². The number of aliphatic carboxylic acids is 1. The largest absolute Gasteiger partial charge is 0.481 e. The quantitative estimate of drug-likeness (QED) is 0.695. The highest BCUT2D eigenvalue weighted by Crippen LogP contribution is 2.23. The van der Waals surface area contributed by atoms with Crippen LogP contribution < -0.4 is 0 Å². The lowest BCUT2D eigenvalue weighted by atomic mass is 10.4. The van der Waals surface area contributed by atoms with Crippen LogP contribution in [0.3, 0.4) is 0 Å². The van der Waals surface area contributed by atoms with Crippen LogP contribution in [-0.4, -0.2) is 41.5 Å². The molecule has 0 saturated heterocycles. The zero-order chi connectivity index (χ0) is 13.9. The third-order valence-corrected chi connectivity index (χ3v) is 3.46. The standard InChI is InChI=1S/C11H9N5O3S/c17-9(18)5-20-11-14-7-2-1-3-12-10(7)16(11)4-8-13-6-19-15-8/h1-3,6H,4-5H2,(H,17,18). The fourth-order valence-electron chi connectivity index (χ4n) is 1.72. The van der Waals surface area contributed by atoms with E-state index >= 15 is 0 Å². The van der Waals surface area contributed by atoms with Crippen LogP contribution in [0.25, 0.3) is 11.2 Å². The van der Waals surface area contributed by atoms with E-state index in [1.165, 1.54) is 6.39 Å². The van der Waals surface area contributed by atoms with Crippen LogP contribution in [0.15, 0.2) is 34.4 Å². The van der Waals surface area contributed by atoms with Gasteiger partial charge in [0.15, 0.2) is 16.6 Å². The molecule has 0 aliphatic carbocycles. The van der Waals surface area contributed by atoms with E-state index in [-0.39, 0.29) is 5.75 Å². The van der Waals surface area contributed by atoms with E-state index in [0.29, 0.717) is 28.7 Å². The van der Waals surface area contributed by atoms with Crippen molar-refractivity contribution < 1.29 is 14.4 Å². The molecule has 8 nitrogen and oxygen atoms in total. The van der Waals surface area contributed by atoms with Crippen molar-refractivity contribution in [3.8, 4) is 0 Å². The molecule has 1 N–H and O–H groups in total. The molecule has 0 amide bonds. The van der Waals surface area contributed by atoms with Crippen LogP contribution in [0, 0.1) is 0 Å². The number of imidazole rings is 1. The number of hydrogen-bond donors (Lipinski definition) is 1. The fraction of sp³-hybridized carbons (Fsp3) is 0.182. The number of fused-ring (bicyclic) bond motifs is 1. The van der Waals surface area contributed by atoms with Crippen molar-refractivity contribution in [2.75, 3.05) is 5.75 Å². The molecule has 0 aromatic carbocycles. The van der Waals surface area contributed by atoms with Gasteiger partial charge in [-0.15, -0.1) is 0 Å². The Morgan fingerprint density at radius 3 is 3.10 bits per heavy atom. The van der Waals surface area contributed by atoms with Gasteiger partial charge in [-0.3, -0.25) is 9.36 Å². The summed E-state index contributed by atoms with van der Waals surface area (Å²) >= 11 is 1.13. The second-order valence-corrected chi connectivity index (χ2v) is 4.80. The van der Waals surface area contributed by atoms with E-state index in [2.05, 4.69) is 20.1 Å². The van der Waals surface area contributed by atoms with Gasteiger partial charge >= 0.3 is 5.97 Å². The molecule has 0 atom stereocenters. The lowest BCUT2D eigenvalue weighted by molar-refractivity contribution is -0.133. The van der Waals surface area contributed by atoms with E-state index in [1.807, 2.05) is 6.07 Å². The molecule has 0 spiro atoms. The van der Waals surface area contributed by atoms with Gasteiger partial charge in [0, 0.05) is 6.20 Å². The predicted octanol–water partition coefficient (Wildman–Crippen LogP) is 1.04. The first-order valence-electron chi connectivity index (χ1n) is 5.65. The highest BCUT2D eigenvalue weighted by molar-refractivity contribution is 7.99. The molecule has 0 aliphatic heterocycles. The summed E-state index contributed by atoms with van der Waals surface area (Å²) in [6.45, 7) is 0.325. The normalized spacial score (nSPS) is 11.0. The zero-order valence-corrected chi connectivity index (χ0v) is 10.9. The first-order chi connectivity index (χ1) is 9.74. The molecule has 3 aromatic rings. The summed E-state index contributed by atoms with van der Waals surface area (Å²) in [7, 11) is 0. The lowest BCUT2D eigenvalue weighted by Gasteiger charge is -2.04. The van der Waals surface area contributed by atoms with Gasteiger partial charge in [0.1, 0.15) is 5.52 Å². The molecule has 3 rings (SSSR count). The summed E-state index contributed by atoms with van der Waals surface area (Å²) in [4.78, 5) is 23.3. The molecule has 0 aliphatic rings. The highest BCUT2D eigenvalue weighted by atomic mass is 32.2. The summed E-state index contributed by atoms with van der Waals surface area (Å²) in [5.74, 6) is -0.497. The average Bonchev–Trinajstić information content (AvgIpc) is 3.05. The third-order valence-electron chi connectivity index (χ3n) is 2.50. The fourth-order valence-corrected chi connectivity index (χ4v) is 2.44. The molecule has 0 bridgehead atoms. The molecule has 3 heterocycles. The van der Waals surface area contributed by atoms with Crippen molar-refractivity contribution in [2.45, 2.75) is 11.7 Å². The Kier molecular flexibility index (Phi) is 3.33. The molecule has 9 heteroatoms. The Morgan fingerprint density at radius 2 is 2.35 bits per heavy atom. The number of aromatic nitrogens is 5. The van der Waals surface area contributed by atoms with Gasteiger partial charge < -0.3 is 9.63 Å². The van der Waals surface area contributed by atoms with Crippen LogP contribution in [0.2, 0.25) is 0 Å². The number of rotatable bonds is 5. The summed E-state index contributed by atoms with van der Waals surface area (Å²) < 4.78 is 6.47. The number of carbonyl (C=O) groups is 1. The Hall–Kier alpha value is -2.42. The predicted molar refractivity (Wildman–Crippen MR) is 69.3 cm³/mol. The second-order valence-electron chi connectivity index (χ2n) is 3.86. The molecule has 102 valence electrons. The van der Waals surface area contributed by atoms with Gasteiger partial charge in [0.05, 0.1) is 12.3 Å². The Labute approximate surface area is 116 Å². The minimum absolute atomic E-state index is 0.0738. The summed E-state index contributed by atoms with van der Waals surface area (Å²) in [6, 6.07) is 3.60. The average molecular weight is 291 g/mol. The lowest BCUT2D eigenvalue weighted by Crippen LogP contribution is -2.06. The Balaban J connectivity index is 2.01. The van der Waals surface area contributed by atoms with Crippen molar-refractivity contribution in [1.29, 1.82) is 0 Å². The second kappa shape index (κ2) is 5.29. The van der Waals surface area contributed by atoms with E-state index in [0.717, 1.165) is 11.8 Å². The van der Waals surface area contributed by atoms with Gasteiger partial charge in [-0.05, 0) is 12.1 Å². The van der Waals surface area contributed by atoms with Gasteiger partial charge in [-0.1, -0.05) is 16.9 Å². The molecule has 3 aromatic heterocycles. The molecule has 0 saturated carbocycles. The van der Waals surface area contributed by atoms with Crippen LogP contribution in [0.5, 0.6) is 0 Å². The maximum absolute atomic E-state index is 10.7. The summed E-state index contributed by atoms with van der Waals surface area (Å²) in [5.41, 5.74) is 1.36. The minimum atomic E-state index is -0.902.